The molecule has 2 atom stereocenters. The second-order valence-corrected chi connectivity index (χ2v) is 7.50. The molecule has 25 heavy (non-hydrogen) atoms. The first kappa shape index (κ1) is 16.3. The summed E-state index contributed by atoms with van der Waals surface area (Å²) in [7, 11) is 1.76. The topological polar surface area (TPSA) is 75.6 Å². The molecule has 0 N–H and O–H groups in total. The Labute approximate surface area is 147 Å². The van der Waals surface area contributed by atoms with E-state index >= 15 is 0 Å². The Balaban J connectivity index is 1.25. The molecule has 7 nitrogen and oxygen atoms in total. The van der Waals surface area contributed by atoms with E-state index in [0.29, 0.717) is 43.8 Å². The fourth-order valence-corrected chi connectivity index (χ4v) is 3.66. The van der Waals surface area contributed by atoms with Gasteiger partial charge in [-0.2, -0.15) is 5.10 Å². The zero-order valence-corrected chi connectivity index (χ0v) is 14.6. The molecule has 2 aliphatic heterocycles. The average molecular weight is 344 g/mol. The first-order valence-corrected chi connectivity index (χ1v) is 9.09. The van der Waals surface area contributed by atoms with Crippen LogP contribution >= 0.6 is 0 Å². The SMILES string of the molecule is CN1CC(C(=O)N2CCC(COc3ccc(C4CC4)nn3)C2)CC1=O. The molecule has 3 heterocycles. The van der Waals surface area contributed by atoms with Gasteiger partial charge in [-0.05, 0) is 25.3 Å². The van der Waals surface area contributed by atoms with Crippen molar-refractivity contribution in [3.8, 4) is 5.88 Å². The molecule has 1 aliphatic carbocycles. The van der Waals surface area contributed by atoms with Gasteiger partial charge in [-0.25, -0.2) is 0 Å². The van der Waals surface area contributed by atoms with E-state index in [1.54, 1.807) is 11.9 Å². The van der Waals surface area contributed by atoms with E-state index in [4.69, 9.17) is 4.74 Å². The predicted octanol–water partition coefficient (Wildman–Crippen LogP) is 1.06. The molecule has 2 unspecified atom stereocenters. The zero-order chi connectivity index (χ0) is 17.4. The predicted molar refractivity (Wildman–Crippen MR) is 89.9 cm³/mol. The summed E-state index contributed by atoms with van der Waals surface area (Å²) in [5.74, 6) is 1.44. The normalized spacial score (nSPS) is 26.4. The summed E-state index contributed by atoms with van der Waals surface area (Å²) in [5.41, 5.74) is 1.06. The van der Waals surface area contributed by atoms with Gasteiger partial charge in [-0.3, -0.25) is 9.59 Å². The number of amides is 2. The van der Waals surface area contributed by atoms with Crippen molar-refractivity contribution >= 4 is 11.8 Å². The van der Waals surface area contributed by atoms with Gasteiger partial charge < -0.3 is 14.5 Å². The maximum atomic E-state index is 12.5. The number of carbonyl (C=O) groups excluding carboxylic acids is 2. The molecular weight excluding hydrogens is 320 g/mol. The van der Waals surface area contributed by atoms with Crippen LogP contribution in [-0.4, -0.2) is 65.1 Å². The van der Waals surface area contributed by atoms with E-state index in [1.807, 2.05) is 17.0 Å². The Morgan fingerprint density at radius 2 is 2.08 bits per heavy atom. The zero-order valence-electron chi connectivity index (χ0n) is 14.6. The largest absolute Gasteiger partial charge is 0.476 e. The Kier molecular flexibility index (Phi) is 4.31. The third kappa shape index (κ3) is 3.60. The van der Waals surface area contributed by atoms with Crippen LogP contribution < -0.4 is 4.74 Å². The molecule has 1 aromatic heterocycles. The number of aromatic nitrogens is 2. The van der Waals surface area contributed by atoms with Crippen LogP contribution in [0.2, 0.25) is 0 Å². The molecule has 2 amide bonds. The van der Waals surface area contributed by atoms with E-state index in [2.05, 4.69) is 10.2 Å². The van der Waals surface area contributed by atoms with Gasteiger partial charge in [0.15, 0.2) is 0 Å². The van der Waals surface area contributed by atoms with Crippen LogP contribution in [0.3, 0.4) is 0 Å². The van der Waals surface area contributed by atoms with Crippen LogP contribution in [0.15, 0.2) is 12.1 Å². The van der Waals surface area contributed by atoms with E-state index in [0.717, 1.165) is 18.7 Å². The summed E-state index contributed by atoms with van der Waals surface area (Å²) in [6.07, 6.45) is 3.69. The molecule has 1 saturated carbocycles. The van der Waals surface area contributed by atoms with Crippen molar-refractivity contribution in [2.45, 2.75) is 31.6 Å². The number of hydrogen-bond acceptors (Lipinski definition) is 5. The van der Waals surface area contributed by atoms with Crippen LogP contribution in [0.1, 0.15) is 37.3 Å². The minimum Gasteiger partial charge on any atom is -0.476 e. The van der Waals surface area contributed by atoms with Crippen LogP contribution in [0.5, 0.6) is 5.88 Å². The van der Waals surface area contributed by atoms with Crippen molar-refractivity contribution in [1.82, 2.24) is 20.0 Å². The lowest BCUT2D eigenvalue weighted by atomic mass is 10.1. The van der Waals surface area contributed by atoms with Crippen molar-refractivity contribution in [3.63, 3.8) is 0 Å². The quantitative estimate of drug-likeness (QED) is 0.798. The monoisotopic (exact) mass is 344 g/mol. The average Bonchev–Trinajstić information content (AvgIpc) is 3.27. The summed E-state index contributed by atoms with van der Waals surface area (Å²) in [5, 5.41) is 8.36. The highest BCUT2D eigenvalue weighted by molar-refractivity contribution is 5.89. The maximum absolute atomic E-state index is 12.5. The molecule has 1 aromatic rings. The van der Waals surface area contributed by atoms with Gasteiger partial charge in [-0.15, -0.1) is 5.10 Å². The Morgan fingerprint density at radius 1 is 1.24 bits per heavy atom. The fourth-order valence-electron chi connectivity index (χ4n) is 3.66. The number of nitrogens with zero attached hydrogens (tertiary/aromatic N) is 4. The number of ether oxygens (including phenoxy) is 1. The van der Waals surface area contributed by atoms with E-state index in [9.17, 15) is 9.59 Å². The number of likely N-dealkylation sites (tertiary alicyclic amines) is 2. The van der Waals surface area contributed by atoms with E-state index in [1.165, 1.54) is 12.8 Å². The van der Waals surface area contributed by atoms with Crippen LogP contribution in [-0.2, 0) is 9.59 Å². The number of hydrogen-bond donors (Lipinski definition) is 0. The van der Waals surface area contributed by atoms with Crippen LogP contribution in [0.25, 0.3) is 0 Å². The lowest BCUT2D eigenvalue weighted by molar-refractivity contribution is -0.135. The highest BCUT2D eigenvalue weighted by Crippen LogP contribution is 2.38. The molecule has 0 bridgehead atoms. The van der Waals surface area contributed by atoms with Gasteiger partial charge in [0.1, 0.15) is 0 Å². The molecule has 4 rings (SSSR count). The minimum atomic E-state index is -0.182. The van der Waals surface area contributed by atoms with Crippen LogP contribution in [0, 0.1) is 11.8 Å². The lowest BCUT2D eigenvalue weighted by Crippen LogP contribution is -2.36. The molecule has 0 spiro atoms. The van der Waals surface area contributed by atoms with Gasteiger partial charge >= 0.3 is 0 Å². The van der Waals surface area contributed by atoms with Crippen molar-refractivity contribution < 1.29 is 14.3 Å². The molecule has 3 aliphatic rings. The Morgan fingerprint density at radius 3 is 2.72 bits per heavy atom. The number of carbonyl (C=O) groups is 2. The second-order valence-electron chi connectivity index (χ2n) is 7.50. The molecule has 134 valence electrons. The van der Waals surface area contributed by atoms with Gasteiger partial charge in [-0.1, -0.05) is 0 Å². The van der Waals surface area contributed by atoms with Gasteiger partial charge in [0.25, 0.3) is 0 Å². The minimum absolute atomic E-state index is 0.0608. The summed E-state index contributed by atoms with van der Waals surface area (Å²) in [6.45, 7) is 2.53. The molecule has 7 heteroatoms. The molecule has 0 aromatic carbocycles. The Hall–Kier alpha value is -2.18. The maximum Gasteiger partial charge on any atom is 0.233 e. The molecule has 2 saturated heterocycles. The molecular formula is C18H24N4O3. The van der Waals surface area contributed by atoms with Crippen molar-refractivity contribution in [2.75, 3.05) is 33.3 Å². The molecule has 3 fully saturated rings. The van der Waals surface area contributed by atoms with E-state index < -0.39 is 0 Å². The van der Waals surface area contributed by atoms with Gasteiger partial charge in [0.05, 0.1) is 18.2 Å². The second kappa shape index (κ2) is 6.61. The highest BCUT2D eigenvalue weighted by atomic mass is 16.5. The first-order valence-electron chi connectivity index (χ1n) is 9.09. The third-order valence-corrected chi connectivity index (χ3v) is 5.41. The van der Waals surface area contributed by atoms with Gasteiger partial charge in [0.2, 0.25) is 17.7 Å². The standard InChI is InChI=1S/C18H24N4O3/c1-21-10-14(8-17(21)23)18(24)22-7-6-12(9-22)11-25-16-5-4-15(19-20-16)13-2-3-13/h4-5,12-14H,2-3,6-11H2,1H3. The summed E-state index contributed by atoms with van der Waals surface area (Å²) in [4.78, 5) is 27.7. The highest BCUT2D eigenvalue weighted by Gasteiger charge is 2.37. The lowest BCUT2D eigenvalue weighted by Gasteiger charge is -2.20. The first-order chi connectivity index (χ1) is 12.1. The Bertz CT molecular complexity index is 659. The fraction of sp³-hybridized carbons (Fsp3) is 0.667. The van der Waals surface area contributed by atoms with Gasteiger partial charge in [0, 0.05) is 51.0 Å². The van der Waals surface area contributed by atoms with E-state index in [-0.39, 0.29) is 17.7 Å². The summed E-state index contributed by atoms with van der Waals surface area (Å²) in [6, 6.07) is 3.89. The molecule has 0 radical (unpaired) electrons. The van der Waals surface area contributed by atoms with Crippen molar-refractivity contribution in [3.05, 3.63) is 17.8 Å². The number of rotatable bonds is 5. The smallest absolute Gasteiger partial charge is 0.233 e. The summed E-state index contributed by atoms with van der Waals surface area (Å²) >= 11 is 0. The third-order valence-electron chi connectivity index (χ3n) is 5.41. The van der Waals surface area contributed by atoms with Crippen LogP contribution in [0.4, 0.5) is 0 Å². The summed E-state index contributed by atoms with van der Waals surface area (Å²) < 4.78 is 5.76. The van der Waals surface area contributed by atoms with Crippen molar-refractivity contribution in [2.24, 2.45) is 11.8 Å². The van der Waals surface area contributed by atoms with Crippen molar-refractivity contribution in [1.29, 1.82) is 0 Å².